The van der Waals surface area contributed by atoms with Gasteiger partial charge in [0, 0.05) is 12.3 Å². The van der Waals surface area contributed by atoms with Gasteiger partial charge in [0.1, 0.15) is 23.9 Å². The summed E-state index contributed by atoms with van der Waals surface area (Å²) in [5.74, 6) is 0.459. The molecule has 0 unspecified atom stereocenters. The van der Waals surface area contributed by atoms with Gasteiger partial charge in [-0.05, 0) is 36.4 Å². The molecular weight excluding hydrogens is 406 g/mol. The highest BCUT2D eigenvalue weighted by Gasteiger charge is 2.30. The van der Waals surface area contributed by atoms with Crippen molar-refractivity contribution in [3.8, 4) is 11.5 Å². The van der Waals surface area contributed by atoms with Crippen molar-refractivity contribution >= 4 is 27.4 Å². The third-order valence-electron chi connectivity index (χ3n) is 4.21. The largest absolute Gasteiger partial charge is 0.497 e. The van der Waals surface area contributed by atoms with Gasteiger partial charge in [-0.15, -0.1) is 0 Å². The summed E-state index contributed by atoms with van der Waals surface area (Å²) < 4.78 is 38.4. The first kappa shape index (κ1) is 21.1. The molecule has 0 atom stereocenters. The van der Waals surface area contributed by atoms with Crippen LogP contribution in [0.3, 0.4) is 0 Å². The predicted octanol–water partition coefficient (Wildman–Crippen LogP) is 2.93. The Morgan fingerprint density at radius 1 is 1.00 bits per heavy atom. The summed E-state index contributed by atoms with van der Waals surface area (Å²) in [4.78, 5) is 16.8. The Morgan fingerprint density at radius 2 is 1.73 bits per heavy atom. The van der Waals surface area contributed by atoms with Crippen molar-refractivity contribution in [3.63, 3.8) is 0 Å². The third-order valence-corrected chi connectivity index (χ3v) is 5.98. The number of hydrogen-bond acceptors (Lipinski definition) is 6. The zero-order chi connectivity index (χ0) is 21.6. The number of pyridine rings is 1. The fourth-order valence-corrected chi connectivity index (χ4v) is 4.20. The van der Waals surface area contributed by atoms with Gasteiger partial charge in [-0.2, -0.15) is 0 Å². The summed E-state index contributed by atoms with van der Waals surface area (Å²) in [7, 11) is -1.19. The lowest BCUT2D eigenvalue weighted by Crippen LogP contribution is -2.38. The maximum Gasteiger partial charge on any atom is 0.264 e. The number of methoxy groups -OCH3 is 2. The summed E-state index contributed by atoms with van der Waals surface area (Å²) in [6.07, 6.45) is 1.53. The average Bonchev–Trinajstić information content (AvgIpc) is 2.78. The summed E-state index contributed by atoms with van der Waals surface area (Å²) in [6, 6.07) is 17.6. The Hall–Kier alpha value is -3.59. The van der Waals surface area contributed by atoms with Gasteiger partial charge in [0.05, 0.1) is 24.8 Å². The normalized spacial score (nSPS) is 10.9. The fourth-order valence-electron chi connectivity index (χ4n) is 2.76. The van der Waals surface area contributed by atoms with Crippen LogP contribution in [-0.2, 0) is 14.8 Å². The lowest BCUT2D eigenvalue weighted by molar-refractivity contribution is -0.114. The molecule has 0 radical (unpaired) electrons. The van der Waals surface area contributed by atoms with Crippen molar-refractivity contribution in [2.24, 2.45) is 0 Å². The lowest BCUT2D eigenvalue weighted by Gasteiger charge is -2.26. The average molecular weight is 427 g/mol. The van der Waals surface area contributed by atoms with E-state index in [1.54, 1.807) is 48.5 Å². The molecule has 1 N–H and O–H groups in total. The van der Waals surface area contributed by atoms with Crippen LogP contribution in [0.4, 0.5) is 11.5 Å². The van der Waals surface area contributed by atoms with E-state index in [4.69, 9.17) is 9.47 Å². The van der Waals surface area contributed by atoms with Gasteiger partial charge >= 0.3 is 0 Å². The minimum Gasteiger partial charge on any atom is -0.497 e. The number of anilines is 2. The van der Waals surface area contributed by atoms with Crippen LogP contribution in [0.25, 0.3) is 0 Å². The van der Waals surface area contributed by atoms with Crippen LogP contribution in [0, 0.1) is 0 Å². The Bertz CT molecular complexity index is 1110. The van der Waals surface area contributed by atoms with Crippen LogP contribution in [0.2, 0.25) is 0 Å². The zero-order valence-corrected chi connectivity index (χ0v) is 17.3. The van der Waals surface area contributed by atoms with Gasteiger partial charge in [-0.1, -0.05) is 24.3 Å². The van der Waals surface area contributed by atoms with E-state index in [-0.39, 0.29) is 16.3 Å². The predicted molar refractivity (Wildman–Crippen MR) is 113 cm³/mol. The molecule has 0 aliphatic rings. The molecule has 2 aromatic carbocycles. The number of ether oxygens (including phenoxy) is 2. The molecule has 0 spiro atoms. The number of carbonyl (C=O) groups excluding carboxylic acids is 1. The standard InChI is InChI=1S/C21H21N3O5S/c1-28-16-11-12-19(29-2)18(14-16)24(30(26,27)17-8-4-3-5-9-17)15-21(25)23-20-10-6-7-13-22-20/h3-14H,15H2,1-2H3,(H,22,23,25). The number of carbonyl (C=O) groups is 1. The first-order chi connectivity index (χ1) is 14.5. The van der Waals surface area contributed by atoms with Crippen LogP contribution in [0.15, 0.2) is 77.8 Å². The van der Waals surface area contributed by atoms with Crippen molar-refractivity contribution in [3.05, 3.63) is 72.9 Å². The highest BCUT2D eigenvalue weighted by molar-refractivity contribution is 7.92. The number of rotatable bonds is 8. The topological polar surface area (TPSA) is 97.8 Å². The molecule has 9 heteroatoms. The molecule has 3 aromatic rings. The molecule has 0 bridgehead atoms. The van der Waals surface area contributed by atoms with Crippen molar-refractivity contribution in [2.45, 2.75) is 4.90 Å². The molecule has 1 amide bonds. The summed E-state index contributed by atoms with van der Waals surface area (Å²) in [5.41, 5.74) is 0.178. The van der Waals surface area contributed by atoms with E-state index in [1.165, 1.54) is 38.6 Å². The number of sulfonamides is 1. The van der Waals surface area contributed by atoms with E-state index in [0.717, 1.165) is 4.31 Å². The molecule has 0 aliphatic carbocycles. The Morgan fingerprint density at radius 3 is 2.37 bits per heavy atom. The molecule has 0 fully saturated rings. The number of nitrogens with one attached hydrogen (secondary N) is 1. The second kappa shape index (κ2) is 9.27. The van der Waals surface area contributed by atoms with Crippen LogP contribution in [0.1, 0.15) is 0 Å². The van der Waals surface area contributed by atoms with E-state index < -0.39 is 22.5 Å². The van der Waals surface area contributed by atoms with Gasteiger partial charge in [-0.25, -0.2) is 13.4 Å². The molecule has 30 heavy (non-hydrogen) atoms. The second-order valence-corrected chi connectivity index (χ2v) is 7.99. The van der Waals surface area contributed by atoms with Crippen LogP contribution in [-0.4, -0.2) is 40.1 Å². The zero-order valence-electron chi connectivity index (χ0n) is 16.5. The molecule has 1 aromatic heterocycles. The maximum atomic E-state index is 13.4. The molecule has 3 rings (SSSR count). The first-order valence-corrected chi connectivity index (χ1v) is 10.4. The fraction of sp³-hybridized carbons (Fsp3) is 0.143. The molecule has 0 saturated heterocycles. The Balaban J connectivity index is 2.04. The van der Waals surface area contributed by atoms with Crippen molar-refractivity contribution in [2.75, 3.05) is 30.4 Å². The van der Waals surface area contributed by atoms with Gasteiger partial charge in [0.15, 0.2) is 0 Å². The SMILES string of the molecule is COc1ccc(OC)c(N(CC(=O)Nc2ccccn2)S(=O)(=O)c2ccccc2)c1. The highest BCUT2D eigenvalue weighted by atomic mass is 32.2. The molecule has 1 heterocycles. The minimum atomic E-state index is -4.08. The van der Waals surface area contributed by atoms with Crippen LogP contribution < -0.4 is 19.1 Å². The Labute approximate surface area is 175 Å². The summed E-state index contributed by atoms with van der Waals surface area (Å²) in [6.45, 7) is -0.489. The smallest absolute Gasteiger partial charge is 0.264 e. The molecule has 156 valence electrons. The van der Waals surface area contributed by atoms with Crippen LogP contribution >= 0.6 is 0 Å². The van der Waals surface area contributed by atoms with Gasteiger partial charge in [0.25, 0.3) is 10.0 Å². The molecule has 0 saturated carbocycles. The molecule has 0 aliphatic heterocycles. The van der Waals surface area contributed by atoms with Crippen molar-refractivity contribution < 1.29 is 22.7 Å². The number of amides is 1. The van der Waals surface area contributed by atoms with Gasteiger partial charge in [0.2, 0.25) is 5.91 Å². The second-order valence-electron chi connectivity index (χ2n) is 6.13. The van der Waals surface area contributed by atoms with Gasteiger partial charge in [-0.3, -0.25) is 9.10 Å². The van der Waals surface area contributed by atoms with Crippen molar-refractivity contribution in [1.29, 1.82) is 0 Å². The quantitative estimate of drug-likeness (QED) is 0.594. The lowest BCUT2D eigenvalue weighted by atomic mass is 10.2. The van der Waals surface area contributed by atoms with E-state index in [0.29, 0.717) is 11.6 Å². The minimum absolute atomic E-state index is 0.0421. The number of nitrogens with zero attached hydrogens (tertiary/aromatic N) is 2. The molecular formula is C21H21N3O5S. The number of benzene rings is 2. The molecule has 8 nitrogen and oxygen atoms in total. The number of aromatic nitrogens is 1. The Kier molecular flexibility index (Phi) is 6.53. The monoisotopic (exact) mass is 427 g/mol. The van der Waals surface area contributed by atoms with Crippen molar-refractivity contribution in [1.82, 2.24) is 4.98 Å². The number of hydrogen-bond donors (Lipinski definition) is 1. The van der Waals surface area contributed by atoms with E-state index >= 15 is 0 Å². The first-order valence-electron chi connectivity index (χ1n) is 8.96. The third kappa shape index (κ3) is 4.69. The van der Waals surface area contributed by atoms with Crippen LogP contribution in [0.5, 0.6) is 11.5 Å². The van der Waals surface area contributed by atoms with E-state index in [1.807, 2.05) is 0 Å². The summed E-state index contributed by atoms with van der Waals surface area (Å²) >= 11 is 0. The summed E-state index contributed by atoms with van der Waals surface area (Å²) in [5, 5.41) is 2.60. The van der Waals surface area contributed by atoms with E-state index in [2.05, 4.69) is 10.3 Å². The maximum absolute atomic E-state index is 13.4. The van der Waals surface area contributed by atoms with Gasteiger partial charge < -0.3 is 14.8 Å². The highest BCUT2D eigenvalue weighted by Crippen LogP contribution is 2.35. The van der Waals surface area contributed by atoms with E-state index in [9.17, 15) is 13.2 Å².